The van der Waals surface area contributed by atoms with Crippen LogP contribution in [0, 0.1) is 0 Å². The van der Waals surface area contributed by atoms with Crippen molar-refractivity contribution in [1.82, 2.24) is 0 Å². The summed E-state index contributed by atoms with van der Waals surface area (Å²) in [5.74, 6) is 2.31. The van der Waals surface area contributed by atoms with Crippen molar-refractivity contribution in [2.24, 2.45) is 5.73 Å². The molecule has 0 saturated carbocycles. The van der Waals surface area contributed by atoms with Gasteiger partial charge >= 0.3 is 0 Å². The quantitative estimate of drug-likeness (QED) is 0.772. The third-order valence-corrected chi connectivity index (χ3v) is 2.78. The van der Waals surface area contributed by atoms with Crippen LogP contribution in [0.3, 0.4) is 0 Å². The van der Waals surface area contributed by atoms with Crippen LogP contribution in [-0.2, 0) is 6.54 Å². The standard InChI is InChI=1S/C13H19NO3/c1-2-3-4-5-15-11-7-13-12(16-9-17-13)6-10(11)8-14/h6-7H,2-5,8-9,14H2,1H3. The summed E-state index contributed by atoms with van der Waals surface area (Å²) in [7, 11) is 0. The van der Waals surface area contributed by atoms with E-state index in [9.17, 15) is 0 Å². The van der Waals surface area contributed by atoms with E-state index in [1.165, 1.54) is 12.8 Å². The first-order valence-corrected chi connectivity index (χ1v) is 6.10. The summed E-state index contributed by atoms with van der Waals surface area (Å²) >= 11 is 0. The molecule has 1 aromatic carbocycles. The molecule has 0 spiro atoms. The Balaban J connectivity index is 2.04. The van der Waals surface area contributed by atoms with Gasteiger partial charge in [0.25, 0.3) is 0 Å². The Morgan fingerprint density at radius 3 is 2.71 bits per heavy atom. The molecule has 1 aliphatic heterocycles. The average molecular weight is 237 g/mol. The molecule has 0 amide bonds. The number of ether oxygens (including phenoxy) is 3. The summed E-state index contributed by atoms with van der Waals surface area (Å²) in [5, 5.41) is 0. The van der Waals surface area contributed by atoms with Crippen molar-refractivity contribution in [3.8, 4) is 17.2 Å². The van der Waals surface area contributed by atoms with Gasteiger partial charge in [0.2, 0.25) is 6.79 Å². The van der Waals surface area contributed by atoms with Crippen molar-refractivity contribution < 1.29 is 14.2 Å². The lowest BCUT2D eigenvalue weighted by Crippen LogP contribution is -2.04. The third-order valence-electron chi connectivity index (χ3n) is 2.78. The smallest absolute Gasteiger partial charge is 0.231 e. The van der Waals surface area contributed by atoms with Gasteiger partial charge in [0.1, 0.15) is 5.75 Å². The van der Waals surface area contributed by atoms with E-state index in [-0.39, 0.29) is 6.79 Å². The van der Waals surface area contributed by atoms with Crippen LogP contribution in [0.1, 0.15) is 31.7 Å². The molecule has 0 radical (unpaired) electrons. The number of hydrogen-bond donors (Lipinski definition) is 1. The maximum absolute atomic E-state index is 5.74. The van der Waals surface area contributed by atoms with Crippen molar-refractivity contribution >= 4 is 0 Å². The molecular weight excluding hydrogens is 218 g/mol. The molecule has 94 valence electrons. The Morgan fingerprint density at radius 2 is 2.00 bits per heavy atom. The molecule has 0 unspecified atom stereocenters. The fourth-order valence-corrected chi connectivity index (χ4v) is 1.79. The molecule has 17 heavy (non-hydrogen) atoms. The largest absolute Gasteiger partial charge is 0.493 e. The van der Waals surface area contributed by atoms with Gasteiger partial charge < -0.3 is 19.9 Å². The van der Waals surface area contributed by atoms with Crippen LogP contribution >= 0.6 is 0 Å². The Labute approximate surface area is 102 Å². The minimum atomic E-state index is 0.276. The van der Waals surface area contributed by atoms with Crippen LogP contribution in [0.5, 0.6) is 17.2 Å². The molecule has 0 atom stereocenters. The van der Waals surface area contributed by atoms with Gasteiger partial charge in [0.15, 0.2) is 11.5 Å². The van der Waals surface area contributed by atoms with E-state index in [0.29, 0.717) is 6.54 Å². The van der Waals surface area contributed by atoms with Gasteiger partial charge in [-0.15, -0.1) is 0 Å². The Kier molecular flexibility index (Phi) is 4.09. The van der Waals surface area contributed by atoms with Gasteiger partial charge in [-0.25, -0.2) is 0 Å². The summed E-state index contributed by atoms with van der Waals surface area (Å²) in [6, 6.07) is 3.77. The summed E-state index contributed by atoms with van der Waals surface area (Å²) in [6.07, 6.45) is 3.44. The first-order valence-electron chi connectivity index (χ1n) is 6.10. The lowest BCUT2D eigenvalue weighted by molar-refractivity contribution is 0.173. The summed E-state index contributed by atoms with van der Waals surface area (Å²) in [5.41, 5.74) is 6.66. The Morgan fingerprint density at radius 1 is 1.24 bits per heavy atom. The highest BCUT2D eigenvalue weighted by Crippen LogP contribution is 2.38. The van der Waals surface area contributed by atoms with Gasteiger partial charge in [-0.1, -0.05) is 19.8 Å². The zero-order valence-electron chi connectivity index (χ0n) is 10.2. The van der Waals surface area contributed by atoms with E-state index < -0.39 is 0 Å². The molecule has 0 saturated heterocycles. The molecule has 2 rings (SSSR count). The van der Waals surface area contributed by atoms with Crippen LogP contribution in [-0.4, -0.2) is 13.4 Å². The molecule has 1 aliphatic rings. The number of hydrogen-bond acceptors (Lipinski definition) is 4. The highest BCUT2D eigenvalue weighted by atomic mass is 16.7. The van der Waals surface area contributed by atoms with Gasteiger partial charge in [0.05, 0.1) is 6.61 Å². The third kappa shape index (κ3) is 2.82. The van der Waals surface area contributed by atoms with Crippen molar-refractivity contribution in [3.63, 3.8) is 0 Å². The number of nitrogens with two attached hydrogens (primary N) is 1. The predicted octanol–water partition coefficient (Wildman–Crippen LogP) is 2.44. The van der Waals surface area contributed by atoms with Crippen molar-refractivity contribution in [2.75, 3.05) is 13.4 Å². The van der Waals surface area contributed by atoms with Crippen LogP contribution < -0.4 is 19.9 Å². The lowest BCUT2D eigenvalue weighted by Gasteiger charge is -2.11. The number of rotatable bonds is 6. The minimum absolute atomic E-state index is 0.276. The SMILES string of the molecule is CCCCCOc1cc2c(cc1CN)OCO2. The Hall–Kier alpha value is -1.42. The summed E-state index contributed by atoms with van der Waals surface area (Å²) in [4.78, 5) is 0. The predicted molar refractivity (Wildman–Crippen MR) is 65.5 cm³/mol. The fraction of sp³-hybridized carbons (Fsp3) is 0.538. The topological polar surface area (TPSA) is 53.7 Å². The lowest BCUT2D eigenvalue weighted by atomic mass is 10.1. The average Bonchev–Trinajstić information content (AvgIpc) is 2.80. The maximum atomic E-state index is 5.74. The zero-order valence-corrected chi connectivity index (χ0v) is 10.2. The molecule has 0 bridgehead atoms. The molecule has 0 fully saturated rings. The molecule has 0 aliphatic carbocycles. The van der Waals surface area contributed by atoms with E-state index in [0.717, 1.165) is 35.8 Å². The molecule has 4 nitrogen and oxygen atoms in total. The van der Waals surface area contributed by atoms with Crippen molar-refractivity contribution in [3.05, 3.63) is 17.7 Å². The molecule has 1 aromatic rings. The normalized spacial score (nSPS) is 12.8. The van der Waals surface area contributed by atoms with Gasteiger partial charge in [-0.05, 0) is 12.5 Å². The highest BCUT2D eigenvalue weighted by Gasteiger charge is 2.17. The van der Waals surface area contributed by atoms with E-state index >= 15 is 0 Å². The van der Waals surface area contributed by atoms with E-state index in [1.807, 2.05) is 12.1 Å². The first-order chi connectivity index (χ1) is 8.35. The molecule has 1 heterocycles. The second kappa shape index (κ2) is 5.77. The summed E-state index contributed by atoms with van der Waals surface area (Å²) in [6.45, 7) is 3.62. The van der Waals surface area contributed by atoms with Gasteiger partial charge in [0, 0.05) is 18.2 Å². The Bertz CT molecular complexity index is 379. The second-order valence-corrected chi connectivity index (χ2v) is 4.07. The van der Waals surface area contributed by atoms with E-state index in [2.05, 4.69) is 6.92 Å². The maximum Gasteiger partial charge on any atom is 0.231 e. The fourth-order valence-electron chi connectivity index (χ4n) is 1.79. The molecule has 4 heteroatoms. The van der Waals surface area contributed by atoms with E-state index in [4.69, 9.17) is 19.9 Å². The highest BCUT2D eigenvalue weighted by molar-refractivity contribution is 5.51. The van der Waals surface area contributed by atoms with Crippen molar-refractivity contribution in [1.29, 1.82) is 0 Å². The second-order valence-electron chi connectivity index (χ2n) is 4.07. The zero-order chi connectivity index (χ0) is 12.1. The number of unbranched alkanes of at least 4 members (excludes halogenated alkanes) is 2. The molecular formula is C13H19NO3. The van der Waals surface area contributed by atoms with Crippen LogP contribution in [0.25, 0.3) is 0 Å². The van der Waals surface area contributed by atoms with Crippen LogP contribution in [0.4, 0.5) is 0 Å². The van der Waals surface area contributed by atoms with Crippen LogP contribution in [0.15, 0.2) is 12.1 Å². The summed E-state index contributed by atoms with van der Waals surface area (Å²) < 4.78 is 16.4. The van der Waals surface area contributed by atoms with E-state index in [1.54, 1.807) is 0 Å². The van der Waals surface area contributed by atoms with Gasteiger partial charge in [-0.3, -0.25) is 0 Å². The number of fused-ring (bicyclic) bond motifs is 1. The van der Waals surface area contributed by atoms with Gasteiger partial charge in [-0.2, -0.15) is 0 Å². The monoisotopic (exact) mass is 237 g/mol. The number of benzene rings is 1. The first kappa shape index (κ1) is 12.0. The molecule has 0 aromatic heterocycles. The molecule has 2 N–H and O–H groups in total. The minimum Gasteiger partial charge on any atom is -0.493 e. The van der Waals surface area contributed by atoms with Crippen molar-refractivity contribution in [2.45, 2.75) is 32.7 Å². The van der Waals surface area contributed by atoms with Crippen LogP contribution in [0.2, 0.25) is 0 Å².